The number of nitrogens with zero attached hydrogens (tertiary/aromatic N) is 1. The molecule has 4 rings (SSSR count). The minimum atomic E-state index is -0.290. The van der Waals surface area contributed by atoms with E-state index in [1.165, 1.54) is 0 Å². The van der Waals surface area contributed by atoms with Gasteiger partial charge in [-0.05, 0) is 43.4 Å². The molecule has 0 bridgehead atoms. The Morgan fingerprint density at radius 1 is 0.885 bits per heavy atom. The van der Waals surface area contributed by atoms with Gasteiger partial charge in [-0.15, -0.1) is 0 Å². The van der Waals surface area contributed by atoms with Crippen molar-refractivity contribution in [1.29, 1.82) is 0 Å². The number of hydrogen-bond acceptors (Lipinski definition) is 2. The number of benzene rings is 2. The second-order valence-electron chi connectivity index (χ2n) is 7.35. The zero-order chi connectivity index (χ0) is 18.0. The minimum Gasteiger partial charge on any atom is -0.349 e. The van der Waals surface area contributed by atoms with Gasteiger partial charge in [0.15, 0.2) is 0 Å². The Morgan fingerprint density at radius 2 is 1.46 bits per heavy atom. The predicted octanol–water partition coefficient (Wildman–Crippen LogP) is 3.14. The van der Waals surface area contributed by atoms with E-state index in [1.54, 1.807) is 0 Å². The lowest BCUT2D eigenvalue weighted by atomic mass is 9.93. The Labute approximate surface area is 154 Å². The van der Waals surface area contributed by atoms with Crippen molar-refractivity contribution in [2.24, 2.45) is 0 Å². The maximum Gasteiger partial charge on any atom is 0.251 e. The first kappa shape index (κ1) is 16.8. The molecule has 2 amide bonds. The van der Waals surface area contributed by atoms with Crippen molar-refractivity contribution in [3.05, 3.63) is 71.8 Å². The lowest BCUT2D eigenvalue weighted by Gasteiger charge is -2.35. The third-order valence-corrected chi connectivity index (χ3v) is 5.64. The number of hydrogen-bond donors (Lipinski definition) is 1. The zero-order valence-corrected chi connectivity index (χ0v) is 14.9. The van der Waals surface area contributed by atoms with Crippen molar-refractivity contribution in [1.82, 2.24) is 10.2 Å². The lowest BCUT2D eigenvalue weighted by molar-refractivity contribution is -0.135. The molecule has 2 fully saturated rings. The second-order valence-corrected chi connectivity index (χ2v) is 7.35. The Balaban J connectivity index is 1.34. The van der Waals surface area contributed by atoms with Gasteiger partial charge in [0.05, 0.1) is 5.41 Å². The van der Waals surface area contributed by atoms with Crippen LogP contribution < -0.4 is 5.32 Å². The second kappa shape index (κ2) is 6.94. The molecule has 4 nitrogen and oxygen atoms in total. The summed E-state index contributed by atoms with van der Waals surface area (Å²) in [5.74, 6) is 0.231. The number of rotatable bonds is 4. The summed E-state index contributed by atoms with van der Waals surface area (Å²) in [4.78, 5) is 27.4. The fourth-order valence-electron chi connectivity index (χ4n) is 3.90. The van der Waals surface area contributed by atoms with Gasteiger partial charge in [0.2, 0.25) is 5.91 Å². The molecule has 1 heterocycles. The van der Waals surface area contributed by atoms with Crippen LogP contribution in [0.1, 0.15) is 41.6 Å². The van der Waals surface area contributed by atoms with Crippen molar-refractivity contribution < 1.29 is 9.59 Å². The molecule has 1 saturated heterocycles. The molecular formula is C22H24N2O2. The molecule has 1 saturated carbocycles. The van der Waals surface area contributed by atoms with Crippen molar-refractivity contribution >= 4 is 11.8 Å². The van der Waals surface area contributed by atoms with Crippen molar-refractivity contribution in [2.45, 2.75) is 37.1 Å². The molecular weight excluding hydrogens is 324 g/mol. The number of carbonyl (C=O) groups is 2. The summed E-state index contributed by atoms with van der Waals surface area (Å²) in [6.45, 7) is 1.43. The van der Waals surface area contributed by atoms with Crippen molar-refractivity contribution in [2.75, 3.05) is 13.1 Å². The standard InChI is InChI=1S/C22H24N2O2/c25-20(17-7-3-1-4-8-17)23-19-11-15-24(16-12-19)21(26)22(13-14-22)18-9-5-2-6-10-18/h1-10,19H,11-16H2,(H,23,25). The van der Waals surface area contributed by atoms with Crippen LogP contribution in [-0.2, 0) is 10.2 Å². The van der Waals surface area contributed by atoms with E-state index in [2.05, 4.69) is 17.4 Å². The van der Waals surface area contributed by atoms with Crippen LogP contribution in [0.15, 0.2) is 60.7 Å². The van der Waals surface area contributed by atoms with Gasteiger partial charge >= 0.3 is 0 Å². The van der Waals surface area contributed by atoms with Crippen LogP contribution in [-0.4, -0.2) is 35.8 Å². The normalized spacial score (nSPS) is 19.0. The molecule has 2 aliphatic rings. The molecule has 1 N–H and O–H groups in total. The molecule has 1 aliphatic heterocycles. The Hall–Kier alpha value is -2.62. The smallest absolute Gasteiger partial charge is 0.251 e. The highest BCUT2D eigenvalue weighted by molar-refractivity contribution is 5.94. The van der Waals surface area contributed by atoms with E-state index in [-0.39, 0.29) is 23.3 Å². The maximum atomic E-state index is 13.1. The zero-order valence-electron chi connectivity index (χ0n) is 14.9. The van der Waals surface area contributed by atoms with Gasteiger partial charge in [-0.25, -0.2) is 0 Å². The fourth-order valence-corrected chi connectivity index (χ4v) is 3.90. The maximum absolute atomic E-state index is 13.1. The SMILES string of the molecule is O=C(NC1CCN(C(=O)C2(c3ccccc3)CC2)CC1)c1ccccc1. The van der Waals surface area contributed by atoms with E-state index in [0.29, 0.717) is 18.7 Å². The summed E-state index contributed by atoms with van der Waals surface area (Å²) in [7, 11) is 0. The van der Waals surface area contributed by atoms with Crippen LogP contribution in [0.2, 0.25) is 0 Å². The topological polar surface area (TPSA) is 49.4 Å². The first-order valence-electron chi connectivity index (χ1n) is 9.40. The average molecular weight is 348 g/mol. The lowest BCUT2D eigenvalue weighted by Crippen LogP contribution is -2.49. The summed E-state index contributed by atoms with van der Waals surface area (Å²) in [6, 6.07) is 19.6. The van der Waals surface area contributed by atoms with Gasteiger partial charge in [-0.2, -0.15) is 0 Å². The number of amides is 2. The van der Waals surface area contributed by atoms with Crippen LogP contribution in [0, 0.1) is 0 Å². The molecule has 2 aromatic rings. The van der Waals surface area contributed by atoms with E-state index in [0.717, 1.165) is 31.2 Å². The Kier molecular flexibility index (Phi) is 4.49. The molecule has 26 heavy (non-hydrogen) atoms. The van der Waals surface area contributed by atoms with Gasteiger partial charge in [-0.3, -0.25) is 9.59 Å². The summed E-state index contributed by atoms with van der Waals surface area (Å²) in [6.07, 6.45) is 3.52. The average Bonchev–Trinajstić information content (AvgIpc) is 3.51. The molecule has 0 spiro atoms. The molecule has 1 aliphatic carbocycles. The van der Waals surface area contributed by atoms with Crippen LogP contribution in [0.5, 0.6) is 0 Å². The van der Waals surface area contributed by atoms with Crippen LogP contribution >= 0.6 is 0 Å². The highest BCUT2D eigenvalue weighted by Gasteiger charge is 2.53. The van der Waals surface area contributed by atoms with E-state index in [4.69, 9.17) is 0 Å². The molecule has 0 aromatic heterocycles. The van der Waals surface area contributed by atoms with Crippen molar-refractivity contribution in [3.8, 4) is 0 Å². The van der Waals surface area contributed by atoms with E-state index in [1.807, 2.05) is 53.4 Å². The summed E-state index contributed by atoms with van der Waals surface area (Å²) < 4.78 is 0. The summed E-state index contributed by atoms with van der Waals surface area (Å²) in [5.41, 5.74) is 1.54. The third kappa shape index (κ3) is 3.24. The van der Waals surface area contributed by atoms with E-state index in [9.17, 15) is 9.59 Å². The largest absolute Gasteiger partial charge is 0.349 e. The first-order valence-corrected chi connectivity index (χ1v) is 9.40. The highest BCUT2D eigenvalue weighted by Crippen LogP contribution is 2.49. The van der Waals surface area contributed by atoms with E-state index < -0.39 is 0 Å². The number of carbonyl (C=O) groups excluding carboxylic acids is 2. The summed E-state index contributed by atoms with van der Waals surface area (Å²) in [5, 5.41) is 3.10. The monoisotopic (exact) mass is 348 g/mol. The molecule has 0 atom stereocenters. The van der Waals surface area contributed by atoms with Crippen molar-refractivity contribution in [3.63, 3.8) is 0 Å². The highest BCUT2D eigenvalue weighted by atomic mass is 16.2. The quantitative estimate of drug-likeness (QED) is 0.923. The Bertz CT molecular complexity index is 776. The number of likely N-dealkylation sites (tertiary alicyclic amines) is 1. The van der Waals surface area contributed by atoms with Gasteiger partial charge in [0, 0.05) is 24.7 Å². The molecule has 0 unspecified atom stereocenters. The molecule has 2 aromatic carbocycles. The molecule has 0 radical (unpaired) electrons. The van der Waals surface area contributed by atoms with E-state index >= 15 is 0 Å². The number of piperidine rings is 1. The fraction of sp³-hybridized carbons (Fsp3) is 0.364. The molecule has 4 heteroatoms. The van der Waals surface area contributed by atoms with Crippen LogP contribution in [0.3, 0.4) is 0 Å². The Morgan fingerprint density at radius 3 is 2.04 bits per heavy atom. The summed E-state index contributed by atoms with van der Waals surface area (Å²) >= 11 is 0. The van der Waals surface area contributed by atoms with Gasteiger partial charge in [0.25, 0.3) is 5.91 Å². The first-order chi connectivity index (χ1) is 12.7. The molecule has 134 valence electrons. The van der Waals surface area contributed by atoms with Gasteiger partial charge in [0.1, 0.15) is 0 Å². The van der Waals surface area contributed by atoms with Crippen LogP contribution in [0.25, 0.3) is 0 Å². The number of nitrogens with one attached hydrogen (secondary N) is 1. The predicted molar refractivity (Wildman–Crippen MR) is 101 cm³/mol. The van der Waals surface area contributed by atoms with Crippen LogP contribution in [0.4, 0.5) is 0 Å². The third-order valence-electron chi connectivity index (χ3n) is 5.64. The van der Waals surface area contributed by atoms with Gasteiger partial charge in [-0.1, -0.05) is 48.5 Å². The minimum absolute atomic E-state index is 0.0293. The van der Waals surface area contributed by atoms with Gasteiger partial charge < -0.3 is 10.2 Å².